The molecule has 3 heteroatoms. The number of nitrogens with zero attached hydrogens (tertiary/aromatic N) is 1. The Kier molecular flexibility index (Phi) is 4.19. The van der Waals surface area contributed by atoms with E-state index in [0.717, 1.165) is 38.6 Å². The van der Waals surface area contributed by atoms with Crippen LogP contribution >= 0.6 is 0 Å². The highest BCUT2D eigenvalue weighted by molar-refractivity contribution is 5.83. The topological polar surface area (TPSA) is 21.7 Å². The Balaban J connectivity index is 1.62. The summed E-state index contributed by atoms with van der Waals surface area (Å²) in [5.41, 5.74) is 0. The monoisotopic (exact) mass is 271 g/mol. The molecule has 0 saturated carbocycles. The van der Waals surface area contributed by atoms with E-state index in [4.69, 9.17) is 9.47 Å². The molecule has 0 bridgehead atoms. The number of rotatable bonds is 4. The summed E-state index contributed by atoms with van der Waals surface area (Å²) in [6.07, 6.45) is 0.189. The van der Waals surface area contributed by atoms with Crippen LogP contribution in [0.4, 0.5) is 0 Å². The van der Waals surface area contributed by atoms with Crippen molar-refractivity contribution in [3.63, 3.8) is 0 Å². The Morgan fingerprint density at radius 1 is 1.10 bits per heavy atom. The molecule has 2 aromatic carbocycles. The fraction of sp³-hybridized carbons (Fsp3) is 0.412. The molecule has 0 amide bonds. The summed E-state index contributed by atoms with van der Waals surface area (Å²) >= 11 is 0. The SMILES string of the molecule is C[C@@H](CN1CCOCC1)Oc1ccc2ccccc2c1. The minimum Gasteiger partial charge on any atom is -0.489 e. The number of hydrogen-bond acceptors (Lipinski definition) is 3. The lowest BCUT2D eigenvalue weighted by molar-refractivity contribution is 0.0219. The quantitative estimate of drug-likeness (QED) is 0.853. The zero-order valence-corrected chi connectivity index (χ0v) is 11.9. The Labute approximate surface area is 120 Å². The Bertz CT molecular complexity index is 564. The van der Waals surface area contributed by atoms with E-state index < -0.39 is 0 Å². The lowest BCUT2D eigenvalue weighted by Crippen LogP contribution is -2.41. The summed E-state index contributed by atoms with van der Waals surface area (Å²) in [4.78, 5) is 2.40. The second kappa shape index (κ2) is 6.25. The maximum Gasteiger partial charge on any atom is 0.120 e. The van der Waals surface area contributed by atoms with Crippen molar-refractivity contribution in [2.24, 2.45) is 0 Å². The molecular weight excluding hydrogens is 250 g/mol. The van der Waals surface area contributed by atoms with Gasteiger partial charge in [-0.05, 0) is 29.8 Å². The third kappa shape index (κ3) is 3.30. The minimum absolute atomic E-state index is 0.189. The lowest BCUT2D eigenvalue weighted by Gasteiger charge is -2.29. The number of morpholine rings is 1. The van der Waals surface area contributed by atoms with Gasteiger partial charge in [-0.25, -0.2) is 0 Å². The second-order valence-corrected chi connectivity index (χ2v) is 5.35. The summed E-state index contributed by atoms with van der Waals surface area (Å²) in [5, 5.41) is 2.48. The van der Waals surface area contributed by atoms with Gasteiger partial charge in [0.05, 0.1) is 13.2 Å². The highest BCUT2D eigenvalue weighted by Crippen LogP contribution is 2.21. The van der Waals surface area contributed by atoms with Crippen LogP contribution in [0.1, 0.15) is 6.92 Å². The third-order valence-electron chi connectivity index (χ3n) is 3.68. The van der Waals surface area contributed by atoms with Crippen LogP contribution in [0, 0.1) is 0 Å². The predicted octanol–water partition coefficient (Wildman–Crippen LogP) is 2.94. The van der Waals surface area contributed by atoms with E-state index in [-0.39, 0.29) is 6.10 Å². The van der Waals surface area contributed by atoms with Gasteiger partial charge in [-0.15, -0.1) is 0 Å². The van der Waals surface area contributed by atoms with Gasteiger partial charge in [0.15, 0.2) is 0 Å². The van der Waals surface area contributed by atoms with Crippen LogP contribution < -0.4 is 4.74 Å². The summed E-state index contributed by atoms with van der Waals surface area (Å²) < 4.78 is 11.4. The first kappa shape index (κ1) is 13.4. The molecule has 0 N–H and O–H groups in total. The highest BCUT2D eigenvalue weighted by atomic mass is 16.5. The van der Waals surface area contributed by atoms with Crippen LogP contribution in [0.3, 0.4) is 0 Å². The van der Waals surface area contributed by atoms with Gasteiger partial charge in [-0.3, -0.25) is 4.90 Å². The summed E-state index contributed by atoms with van der Waals surface area (Å²) in [5.74, 6) is 0.949. The molecule has 1 saturated heterocycles. The Morgan fingerprint density at radius 3 is 2.65 bits per heavy atom. The van der Waals surface area contributed by atoms with Gasteiger partial charge in [0.2, 0.25) is 0 Å². The largest absolute Gasteiger partial charge is 0.489 e. The van der Waals surface area contributed by atoms with Crippen molar-refractivity contribution in [1.29, 1.82) is 0 Å². The van der Waals surface area contributed by atoms with E-state index in [1.807, 2.05) is 0 Å². The highest BCUT2D eigenvalue weighted by Gasteiger charge is 2.14. The molecule has 3 nitrogen and oxygen atoms in total. The fourth-order valence-corrected chi connectivity index (χ4v) is 2.66. The first-order chi connectivity index (χ1) is 9.81. The van der Waals surface area contributed by atoms with E-state index >= 15 is 0 Å². The van der Waals surface area contributed by atoms with Crippen molar-refractivity contribution in [2.45, 2.75) is 13.0 Å². The van der Waals surface area contributed by atoms with Crippen molar-refractivity contribution >= 4 is 10.8 Å². The Morgan fingerprint density at radius 2 is 1.85 bits per heavy atom. The molecule has 0 unspecified atom stereocenters. The first-order valence-electron chi connectivity index (χ1n) is 7.27. The van der Waals surface area contributed by atoms with E-state index in [1.165, 1.54) is 10.8 Å². The predicted molar refractivity (Wildman–Crippen MR) is 81.3 cm³/mol. The summed E-state index contributed by atoms with van der Waals surface area (Å²) in [7, 11) is 0. The van der Waals surface area contributed by atoms with Crippen molar-refractivity contribution in [3.05, 3.63) is 42.5 Å². The molecule has 20 heavy (non-hydrogen) atoms. The second-order valence-electron chi connectivity index (χ2n) is 5.35. The van der Waals surface area contributed by atoms with Crippen molar-refractivity contribution < 1.29 is 9.47 Å². The molecule has 0 aromatic heterocycles. The van der Waals surface area contributed by atoms with E-state index in [1.54, 1.807) is 0 Å². The molecule has 106 valence electrons. The van der Waals surface area contributed by atoms with Crippen molar-refractivity contribution in [1.82, 2.24) is 4.90 Å². The smallest absolute Gasteiger partial charge is 0.120 e. The minimum atomic E-state index is 0.189. The fourth-order valence-electron chi connectivity index (χ4n) is 2.66. The van der Waals surface area contributed by atoms with Crippen LogP contribution in [0.15, 0.2) is 42.5 Å². The first-order valence-corrected chi connectivity index (χ1v) is 7.27. The van der Waals surface area contributed by atoms with Crippen molar-refractivity contribution in [2.75, 3.05) is 32.8 Å². The molecular formula is C17H21NO2. The molecule has 1 heterocycles. The molecule has 1 fully saturated rings. The average Bonchev–Trinajstić information content (AvgIpc) is 2.48. The standard InChI is InChI=1S/C17H21NO2/c1-14(13-18-8-10-19-11-9-18)20-17-7-6-15-4-2-3-5-16(15)12-17/h2-7,12,14H,8-11,13H2,1H3/t14-/m0/s1. The number of fused-ring (bicyclic) bond motifs is 1. The molecule has 2 aromatic rings. The van der Waals surface area contributed by atoms with Crippen LogP contribution in [-0.4, -0.2) is 43.9 Å². The maximum atomic E-state index is 6.04. The number of ether oxygens (including phenoxy) is 2. The normalized spacial score (nSPS) is 18.1. The van der Waals surface area contributed by atoms with Crippen LogP contribution in [0.25, 0.3) is 10.8 Å². The van der Waals surface area contributed by atoms with E-state index in [9.17, 15) is 0 Å². The molecule has 0 radical (unpaired) electrons. The molecule has 3 rings (SSSR count). The zero-order valence-electron chi connectivity index (χ0n) is 11.9. The number of benzene rings is 2. The molecule has 1 aliphatic rings. The van der Waals surface area contributed by atoms with Gasteiger partial charge >= 0.3 is 0 Å². The van der Waals surface area contributed by atoms with Gasteiger partial charge < -0.3 is 9.47 Å². The molecule has 1 aliphatic heterocycles. The van der Waals surface area contributed by atoms with Gasteiger partial charge in [0.25, 0.3) is 0 Å². The Hall–Kier alpha value is -1.58. The summed E-state index contributed by atoms with van der Waals surface area (Å²) in [6.45, 7) is 6.77. The molecule has 0 spiro atoms. The van der Waals surface area contributed by atoms with Gasteiger partial charge in [0.1, 0.15) is 11.9 Å². The average molecular weight is 271 g/mol. The summed E-state index contributed by atoms with van der Waals surface area (Å²) in [6, 6.07) is 14.6. The van der Waals surface area contributed by atoms with Crippen LogP contribution in [-0.2, 0) is 4.74 Å². The third-order valence-corrected chi connectivity index (χ3v) is 3.68. The van der Waals surface area contributed by atoms with Gasteiger partial charge in [-0.2, -0.15) is 0 Å². The molecule has 0 aliphatic carbocycles. The van der Waals surface area contributed by atoms with Gasteiger partial charge in [-0.1, -0.05) is 30.3 Å². The van der Waals surface area contributed by atoms with E-state index in [2.05, 4.69) is 54.3 Å². The van der Waals surface area contributed by atoms with E-state index in [0.29, 0.717) is 0 Å². The zero-order chi connectivity index (χ0) is 13.8. The maximum absolute atomic E-state index is 6.04. The number of hydrogen-bond donors (Lipinski definition) is 0. The van der Waals surface area contributed by atoms with Crippen LogP contribution in [0.2, 0.25) is 0 Å². The molecule has 1 atom stereocenters. The lowest BCUT2D eigenvalue weighted by atomic mass is 10.1. The van der Waals surface area contributed by atoms with Gasteiger partial charge in [0, 0.05) is 19.6 Å². The van der Waals surface area contributed by atoms with Crippen molar-refractivity contribution in [3.8, 4) is 5.75 Å². The van der Waals surface area contributed by atoms with Crippen LogP contribution in [0.5, 0.6) is 5.75 Å².